The summed E-state index contributed by atoms with van der Waals surface area (Å²) < 4.78 is 0. The molecule has 10 heavy (non-hydrogen) atoms. The van der Waals surface area contributed by atoms with Crippen LogP contribution in [0.2, 0.25) is 0 Å². The number of carbonyl (C=O) groups is 1. The summed E-state index contributed by atoms with van der Waals surface area (Å²) in [5.41, 5.74) is 6.30. The quantitative estimate of drug-likeness (QED) is 0.483. The zero-order valence-corrected chi connectivity index (χ0v) is 5.96. The van der Waals surface area contributed by atoms with E-state index in [0.717, 1.165) is 0 Å². The summed E-state index contributed by atoms with van der Waals surface area (Å²) in [7, 11) is 0. The van der Waals surface area contributed by atoms with E-state index >= 15 is 0 Å². The fourth-order valence-electron chi connectivity index (χ4n) is 0.418. The fraction of sp³-hybridized carbons (Fsp3) is 0.800. The predicted molar refractivity (Wildman–Crippen MR) is 34.4 cm³/mol. The van der Waals surface area contributed by atoms with Crippen LogP contribution in [0, 0.1) is 5.53 Å². The van der Waals surface area contributed by atoms with Gasteiger partial charge in [-0.25, -0.2) is 5.53 Å². The third-order valence-electron chi connectivity index (χ3n) is 0.788. The van der Waals surface area contributed by atoms with Gasteiger partial charge in [0.1, 0.15) is 0 Å². The van der Waals surface area contributed by atoms with Gasteiger partial charge in [0, 0.05) is 6.04 Å². The van der Waals surface area contributed by atoms with Gasteiger partial charge < -0.3 is 10.4 Å². The summed E-state index contributed by atoms with van der Waals surface area (Å²) >= 11 is 0. The van der Waals surface area contributed by atoms with Gasteiger partial charge in [0.2, 0.25) is 6.23 Å². The first-order valence-electron chi connectivity index (χ1n) is 2.93. The van der Waals surface area contributed by atoms with E-state index in [0.29, 0.717) is 0 Å². The van der Waals surface area contributed by atoms with Gasteiger partial charge in [0.05, 0.1) is 0 Å². The molecule has 58 valence electrons. The number of hydrogen-bond acceptors (Lipinski definition) is 4. The van der Waals surface area contributed by atoms with E-state index in [4.69, 9.17) is 10.6 Å². The molecule has 1 amide bonds. The molecule has 0 radical (unpaired) electrons. The van der Waals surface area contributed by atoms with Crippen molar-refractivity contribution < 1.29 is 9.90 Å². The first-order chi connectivity index (χ1) is 4.57. The van der Waals surface area contributed by atoms with E-state index in [9.17, 15) is 4.79 Å². The molecule has 0 aromatic rings. The SMILES string of the molecule is CC(C)NC(=O)C(O)N=N. The number of aliphatic hydroxyl groups is 1. The van der Waals surface area contributed by atoms with Gasteiger partial charge in [-0.05, 0) is 13.8 Å². The predicted octanol–water partition coefficient (Wildman–Crippen LogP) is -0.140. The van der Waals surface area contributed by atoms with Crippen LogP contribution in [0.3, 0.4) is 0 Å². The molecule has 0 heterocycles. The van der Waals surface area contributed by atoms with Crippen molar-refractivity contribution in [3.8, 4) is 0 Å². The Labute approximate surface area is 58.9 Å². The van der Waals surface area contributed by atoms with Crippen LogP contribution in [-0.2, 0) is 4.79 Å². The summed E-state index contributed by atoms with van der Waals surface area (Å²) in [5.74, 6) is -0.634. The Morgan fingerprint density at radius 3 is 2.50 bits per heavy atom. The Morgan fingerprint density at radius 1 is 1.70 bits per heavy atom. The minimum atomic E-state index is -1.55. The normalized spacial score (nSPS) is 12.8. The molecule has 0 spiro atoms. The van der Waals surface area contributed by atoms with Crippen molar-refractivity contribution in [3.05, 3.63) is 0 Å². The lowest BCUT2D eigenvalue weighted by molar-refractivity contribution is -0.129. The van der Waals surface area contributed by atoms with Crippen LogP contribution < -0.4 is 5.32 Å². The van der Waals surface area contributed by atoms with Crippen molar-refractivity contribution in [1.29, 1.82) is 5.53 Å². The van der Waals surface area contributed by atoms with Crippen molar-refractivity contribution in [2.75, 3.05) is 0 Å². The van der Waals surface area contributed by atoms with Gasteiger partial charge in [0.15, 0.2) is 0 Å². The number of rotatable bonds is 3. The summed E-state index contributed by atoms with van der Waals surface area (Å²) in [6, 6.07) is -0.0381. The molecule has 0 saturated heterocycles. The maximum absolute atomic E-state index is 10.6. The summed E-state index contributed by atoms with van der Waals surface area (Å²) in [4.78, 5) is 10.6. The Balaban J connectivity index is 3.73. The van der Waals surface area contributed by atoms with E-state index in [1.807, 2.05) is 0 Å². The van der Waals surface area contributed by atoms with Crippen LogP contribution in [-0.4, -0.2) is 23.3 Å². The molecular formula is C5H11N3O2. The van der Waals surface area contributed by atoms with E-state index in [-0.39, 0.29) is 6.04 Å². The average Bonchev–Trinajstić information content (AvgIpc) is 1.85. The Hall–Kier alpha value is -0.970. The minimum absolute atomic E-state index is 0.0381. The second-order valence-electron chi connectivity index (χ2n) is 2.17. The number of aliphatic hydroxyl groups excluding tert-OH is 1. The molecule has 0 aromatic carbocycles. The van der Waals surface area contributed by atoms with E-state index in [1.165, 1.54) is 0 Å². The molecule has 1 atom stereocenters. The monoisotopic (exact) mass is 145 g/mol. The molecule has 0 fully saturated rings. The van der Waals surface area contributed by atoms with Gasteiger partial charge in [-0.15, -0.1) is 0 Å². The Bertz CT molecular complexity index is 135. The second-order valence-corrected chi connectivity index (χ2v) is 2.17. The number of amides is 1. The molecule has 0 rings (SSSR count). The Morgan fingerprint density at radius 2 is 2.20 bits per heavy atom. The molecular weight excluding hydrogens is 134 g/mol. The number of nitrogens with one attached hydrogen (secondary N) is 2. The van der Waals surface area contributed by atoms with Gasteiger partial charge in [-0.3, -0.25) is 4.79 Å². The topological polar surface area (TPSA) is 85.5 Å². The number of hydrogen-bond donors (Lipinski definition) is 3. The van der Waals surface area contributed by atoms with Crippen LogP contribution in [0.25, 0.3) is 0 Å². The highest BCUT2D eigenvalue weighted by atomic mass is 16.3. The molecule has 5 nitrogen and oxygen atoms in total. The van der Waals surface area contributed by atoms with Crippen LogP contribution in [0.15, 0.2) is 5.11 Å². The highest BCUT2D eigenvalue weighted by Gasteiger charge is 2.12. The largest absolute Gasteiger partial charge is 0.363 e. The lowest BCUT2D eigenvalue weighted by Gasteiger charge is -2.08. The average molecular weight is 145 g/mol. The second kappa shape index (κ2) is 3.94. The van der Waals surface area contributed by atoms with Crippen molar-refractivity contribution in [1.82, 2.24) is 5.32 Å². The number of nitrogens with zero attached hydrogens (tertiary/aromatic N) is 1. The Kier molecular flexibility index (Phi) is 3.56. The third kappa shape index (κ3) is 3.13. The lowest BCUT2D eigenvalue weighted by atomic mass is 10.4. The van der Waals surface area contributed by atoms with Crippen LogP contribution in [0.1, 0.15) is 13.8 Å². The highest BCUT2D eigenvalue weighted by molar-refractivity contribution is 5.80. The van der Waals surface area contributed by atoms with Crippen LogP contribution >= 0.6 is 0 Å². The molecule has 1 unspecified atom stereocenters. The zero-order chi connectivity index (χ0) is 8.15. The third-order valence-corrected chi connectivity index (χ3v) is 0.788. The first-order valence-corrected chi connectivity index (χ1v) is 2.93. The van der Waals surface area contributed by atoms with Gasteiger partial charge >= 0.3 is 0 Å². The van der Waals surface area contributed by atoms with Gasteiger partial charge in [-0.2, -0.15) is 5.11 Å². The molecule has 3 N–H and O–H groups in total. The maximum atomic E-state index is 10.6. The first kappa shape index (κ1) is 9.03. The van der Waals surface area contributed by atoms with Crippen LogP contribution in [0.4, 0.5) is 0 Å². The van der Waals surface area contributed by atoms with E-state index in [2.05, 4.69) is 10.4 Å². The van der Waals surface area contributed by atoms with E-state index in [1.54, 1.807) is 13.8 Å². The lowest BCUT2D eigenvalue weighted by Crippen LogP contribution is -2.37. The molecule has 0 bridgehead atoms. The molecule has 0 aliphatic carbocycles. The molecule has 0 aliphatic rings. The highest BCUT2D eigenvalue weighted by Crippen LogP contribution is 1.85. The van der Waals surface area contributed by atoms with Crippen molar-refractivity contribution >= 4 is 5.91 Å². The molecule has 5 heteroatoms. The van der Waals surface area contributed by atoms with Crippen molar-refractivity contribution in [2.45, 2.75) is 26.1 Å². The van der Waals surface area contributed by atoms with Gasteiger partial charge in [-0.1, -0.05) is 0 Å². The number of carbonyl (C=O) groups excluding carboxylic acids is 1. The summed E-state index contributed by atoms with van der Waals surface area (Å²) in [6.45, 7) is 3.52. The summed E-state index contributed by atoms with van der Waals surface area (Å²) in [5, 5.41) is 13.6. The molecule has 0 aliphatic heterocycles. The fourth-order valence-corrected chi connectivity index (χ4v) is 0.418. The van der Waals surface area contributed by atoms with E-state index < -0.39 is 12.1 Å². The molecule has 0 aromatic heterocycles. The summed E-state index contributed by atoms with van der Waals surface area (Å²) in [6.07, 6.45) is -1.55. The smallest absolute Gasteiger partial charge is 0.273 e. The van der Waals surface area contributed by atoms with Crippen molar-refractivity contribution in [3.63, 3.8) is 0 Å². The maximum Gasteiger partial charge on any atom is 0.273 e. The standard InChI is InChI=1S/C5H11N3O2/c1-3(2)7-4(9)5(10)8-6/h3,5-6,10H,1-2H3,(H,7,9). The minimum Gasteiger partial charge on any atom is -0.363 e. The zero-order valence-electron chi connectivity index (χ0n) is 5.96. The van der Waals surface area contributed by atoms with Gasteiger partial charge in [0.25, 0.3) is 5.91 Å². The molecule has 0 saturated carbocycles. The van der Waals surface area contributed by atoms with Crippen LogP contribution in [0.5, 0.6) is 0 Å². The van der Waals surface area contributed by atoms with Crippen molar-refractivity contribution in [2.24, 2.45) is 5.11 Å².